The van der Waals surface area contributed by atoms with Crippen molar-refractivity contribution in [1.82, 2.24) is 0 Å². The van der Waals surface area contributed by atoms with Gasteiger partial charge in [0.2, 0.25) is 0 Å². The minimum Gasteiger partial charge on any atom is -0.481 e. The number of hydrogen-bond acceptors (Lipinski definition) is 5. The number of carbonyl (C=O) groups is 2. The zero-order valence-corrected chi connectivity index (χ0v) is 12.9. The second kappa shape index (κ2) is 6.54. The van der Waals surface area contributed by atoms with E-state index in [9.17, 15) is 9.59 Å². The van der Waals surface area contributed by atoms with E-state index in [1.807, 2.05) is 6.92 Å². The van der Waals surface area contributed by atoms with Crippen LogP contribution in [0.15, 0.2) is 0 Å². The Bertz CT molecular complexity index is 436. The van der Waals surface area contributed by atoms with Gasteiger partial charge >= 0.3 is 11.9 Å². The van der Waals surface area contributed by atoms with Crippen LogP contribution in [-0.4, -0.2) is 48.1 Å². The van der Waals surface area contributed by atoms with Crippen LogP contribution in [0.2, 0.25) is 0 Å². The summed E-state index contributed by atoms with van der Waals surface area (Å²) < 4.78 is 15.5. The van der Waals surface area contributed by atoms with Crippen LogP contribution < -0.4 is 0 Å². The molecule has 6 unspecified atom stereocenters. The number of epoxide rings is 2. The van der Waals surface area contributed by atoms with Gasteiger partial charge in [0.05, 0.1) is 42.9 Å². The van der Waals surface area contributed by atoms with Crippen molar-refractivity contribution >= 4 is 11.9 Å². The molecule has 2 saturated heterocycles. The van der Waals surface area contributed by atoms with E-state index in [4.69, 9.17) is 19.3 Å². The largest absolute Gasteiger partial charge is 0.481 e. The number of fused-ring (bicyclic) bond motifs is 2. The summed E-state index contributed by atoms with van der Waals surface area (Å²) in [6.07, 6.45) is 6.88. The van der Waals surface area contributed by atoms with Crippen molar-refractivity contribution in [3.63, 3.8) is 0 Å². The summed E-state index contributed by atoms with van der Waals surface area (Å²) in [5.41, 5.74) is 0. The molecule has 0 aromatic heterocycles. The van der Waals surface area contributed by atoms with E-state index < -0.39 is 5.97 Å². The fraction of sp³-hybridized carbons (Fsp3) is 0.875. The lowest BCUT2D eigenvalue weighted by Gasteiger charge is -2.16. The van der Waals surface area contributed by atoms with Crippen molar-refractivity contribution in [2.24, 2.45) is 11.8 Å². The van der Waals surface area contributed by atoms with Crippen LogP contribution in [0.25, 0.3) is 0 Å². The maximum Gasteiger partial charge on any atom is 0.309 e. The summed E-state index contributed by atoms with van der Waals surface area (Å²) in [4.78, 5) is 21.7. The highest BCUT2D eigenvalue weighted by molar-refractivity contribution is 5.72. The normalized spacial score (nSPS) is 41.1. The number of carboxylic acid groups (broad SMARTS) is 1. The van der Waals surface area contributed by atoms with E-state index in [1.54, 1.807) is 0 Å². The molecular formula is C16H24O6. The summed E-state index contributed by atoms with van der Waals surface area (Å²) in [6, 6.07) is 0. The Morgan fingerprint density at radius 2 is 1.50 bits per heavy atom. The lowest BCUT2D eigenvalue weighted by molar-refractivity contribution is -0.149. The van der Waals surface area contributed by atoms with E-state index in [2.05, 4.69) is 0 Å². The Morgan fingerprint density at radius 3 is 2.00 bits per heavy atom. The summed E-state index contributed by atoms with van der Waals surface area (Å²) in [5.74, 6) is -0.724. The van der Waals surface area contributed by atoms with Gasteiger partial charge in [-0.25, -0.2) is 0 Å². The smallest absolute Gasteiger partial charge is 0.309 e. The first-order chi connectivity index (χ1) is 10.6. The summed E-state index contributed by atoms with van der Waals surface area (Å²) >= 11 is 0. The van der Waals surface area contributed by atoms with Gasteiger partial charge in [-0.3, -0.25) is 9.59 Å². The molecule has 2 aliphatic heterocycles. The van der Waals surface area contributed by atoms with E-state index >= 15 is 0 Å². The third kappa shape index (κ3) is 3.79. The number of rotatable bonds is 3. The van der Waals surface area contributed by atoms with E-state index in [-0.39, 0.29) is 23.9 Å². The minimum absolute atomic E-state index is 0.0357. The summed E-state index contributed by atoms with van der Waals surface area (Å²) in [7, 11) is 0. The van der Waals surface area contributed by atoms with Crippen molar-refractivity contribution in [2.75, 3.05) is 6.61 Å². The van der Waals surface area contributed by atoms with E-state index in [0.29, 0.717) is 24.9 Å². The maximum absolute atomic E-state index is 11.3. The fourth-order valence-corrected chi connectivity index (χ4v) is 3.51. The van der Waals surface area contributed by atoms with Crippen LogP contribution in [0.3, 0.4) is 0 Å². The second-order valence-electron chi connectivity index (χ2n) is 6.54. The molecule has 0 amide bonds. The molecule has 124 valence electrons. The number of aliphatic carboxylic acids is 1. The number of hydrogen-bond donors (Lipinski definition) is 1. The second-order valence-corrected chi connectivity index (χ2v) is 6.54. The third-order valence-electron chi connectivity index (χ3n) is 4.98. The number of carboxylic acids is 1. The molecule has 4 fully saturated rings. The van der Waals surface area contributed by atoms with Gasteiger partial charge in [0, 0.05) is 0 Å². The van der Waals surface area contributed by atoms with Crippen molar-refractivity contribution in [2.45, 2.75) is 69.9 Å². The topological polar surface area (TPSA) is 88.7 Å². The van der Waals surface area contributed by atoms with E-state index in [0.717, 1.165) is 38.5 Å². The molecule has 2 aliphatic carbocycles. The van der Waals surface area contributed by atoms with Gasteiger partial charge in [-0.1, -0.05) is 0 Å². The zero-order valence-electron chi connectivity index (χ0n) is 12.9. The predicted molar refractivity (Wildman–Crippen MR) is 76.3 cm³/mol. The average molecular weight is 312 g/mol. The Morgan fingerprint density at radius 1 is 0.955 bits per heavy atom. The molecule has 4 aliphatic rings. The molecule has 2 heterocycles. The molecule has 0 aromatic carbocycles. The zero-order chi connectivity index (χ0) is 15.7. The Kier molecular flexibility index (Phi) is 4.68. The number of ether oxygens (including phenoxy) is 3. The summed E-state index contributed by atoms with van der Waals surface area (Å²) in [5, 5.41) is 8.62. The molecule has 4 rings (SSSR count). The Balaban J connectivity index is 0.000000133. The van der Waals surface area contributed by atoms with Gasteiger partial charge in [-0.15, -0.1) is 0 Å². The van der Waals surface area contributed by atoms with Crippen molar-refractivity contribution in [3.8, 4) is 0 Å². The SMILES string of the molecule is CCOC(=O)C1CCC2OC2C1.O=C(O)C1CCC2OC2C1. The third-order valence-corrected chi connectivity index (χ3v) is 4.98. The van der Waals surface area contributed by atoms with Crippen LogP contribution in [0.1, 0.15) is 45.4 Å². The van der Waals surface area contributed by atoms with Gasteiger partial charge in [0.25, 0.3) is 0 Å². The molecule has 1 N–H and O–H groups in total. The number of esters is 1. The Labute approximate surface area is 130 Å². The maximum atomic E-state index is 11.3. The van der Waals surface area contributed by atoms with Crippen LogP contribution in [-0.2, 0) is 23.8 Å². The Hall–Kier alpha value is -1.14. The molecule has 0 aromatic rings. The molecule has 6 atom stereocenters. The van der Waals surface area contributed by atoms with Crippen LogP contribution in [0.4, 0.5) is 0 Å². The first kappa shape index (κ1) is 15.7. The molecule has 6 nitrogen and oxygen atoms in total. The molecule has 0 radical (unpaired) electrons. The molecular weight excluding hydrogens is 288 g/mol. The lowest BCUT2D eigenvalue weighted by atomic mass is 9.89. The molecule has 22 heavy (non-hydrogen) atoms. The van der Waals surface area contributed by atoms with Crippen LogP contribution in [0, 0.1) is 11.8 Å². The number of carbonyl (C=O) groups excluding carboxylic acids is 1. The van der Waals surface area contributed by atoms with Crippen molar-refractivity contribution in [3.05, 3.63) is 0 Å². The molecule has 2 saturated carbocycles. The molecule has 6 heteroatoms. The highest BCUT2D eigenvalue weighted by Crippen LogP contribution is 2.40. The van der Waals surface area contributed by atoms with E-state index in [1.165, 1.54) is 0 Å². The van der Waals surface area contributed by atoms with Gasteiger partial charge in [0.1, 0.15) is 0 Å². The molecule has 0 bridgehead atoms. The van der Waals surface area contributed by atoms with Gasteiger partial charge in [0.15, 0.2) is 0 Å². The lowest BCUT2D eigenvalue weighted by Crippen LogP contribution is -2.23. The fourth-order valence-electron chi connectivity index (χ4n) is 3.51. The van der Waals surface area contributed by atoms with Crippen molar-refractivity contribution in [1.29, 1.82) is 0 Å². The molecule has 0 spiro atoms. The van der Waals surface area contributed by atoms with Crippen LogP contribution >= 0.6 is 0 Å². The highest BCUT2D eigenvalue weighted by atomic mass is 16.6. The predicted octanol–water partition coefficient (Wildman–Crippen LogP) is 1.76. The standard InChI is InChI=1S/C9H14O3.C7H10O3/c1-2-11-9(10)6-3-4-7-8(5-6)12-7;8-7(9)4-1-2-5-6(3-4)10-5/h6-8H,2-5H2,1H3;4-6H,1-3H2,(H,8,9). The van der Waals surface area contributed by atoms with Crippen molar-refractivity contribution < 1.29 is 28.9 Å². The van der Waals surface area contributed by atoms with Crippen LogP contribution in [0.5, 0.6) is 0 Å². The van der Waals surface area contributed by atoms with Gasteiger partial charge < -0.3 is 19.3 Å². The minimum atomic E-state index is -0.658. The average Bonchev–Trinajstić information content (AvgIpc) is 3.40. The van der Waals surface area contributed by atoms with Gasteiger partial charge in [-0.05, 0) is 45.4 Å². The van der Waals surface area contributed by atoms with Gasteiger partial charge in [-0.2, -0.15) is 0 Å². The monoisotopic (exact) mass is 312 g/mol. The first-order valence-corrected chi connectivity index (χ1v) is 8.28. The highest BCUT2D eigenvalue weighted by Gasteiger charge is 2.46. The first-order valence-electron chi connectivity index (χ1n) is 8.28. The summed E-state index contributed by atoms with van der Waals surface area (Å²) in [6.45, 7) is 2.33. The quantitative estimate of drug-likeness (QED) is 0.631.